The summed E-state index contributed by atoms with van der Waals surface area (Å²) in [6.07, 6.45) is -4.57. The van der Waals surface area contributed by atoms with E-state index in [4.69, 9.17) is 5.11 Å². The van der Waals surface area contributed by atoms with Gasteiger partial charge in [0.05, 0.1) is 18.5 Å². The van der Waals surface area contributed by atoms with Crippen molar-refractivity contribution in [2.24, 2.45) is 0 Å². The van der Waals surface area contributed by atoms with Crippen molar-refractivity contribution in [1.82, 2.24) is 10.6 Å². The molecule has 0 radical (unpaired) electrons. The van der Waals surface area contributed by atoms with Crippen LogP contribution in [0.5, 0.6) is 0 Å². The Labute approximate surface area is 225 Å². The monoisotopic (exact) mass is 547 g/mol. The summed E-state index contributed by atoms with van der Waals surface area (Å²) in [6.45, 7) is 5.99. The third-order valence-electron chi connectivity index (χ3n) is 6.86. The number of benzene rings is 2. The van der Waals surface area contributed by atoms with E-state index in [0.29, 0.717) is 18.4 Å². The van der Waals surface area contributed by atoms with Crippen molar-refractivity contribution >= 4 is 11.9 Å². The molecule has 1 saturated carbocycles. The lowest BCUT2D eigenvalue weighted by Gasteiger charge is -2.30. The van der Waals surface area contributed by atoms with E-state index in [0.717, 1.165) is 11.1 Å². The Hall–Kier alpha value is -3.45. The molecule has 0 unspecified atom stereocenters. The molecule has 2 atom stereocenters. The third-order valence-corrected chi connectivity index (χ3v) is 6.86. The standard InChI is InChI=1S/C29H33F4N3O3/c1-26(2,16-23(37)38)21-11-9-19(10-12-21)18-5-7-20(8-6-18)24(29(31,32)33)35-22(15-27(3,4)30)25(39)36-28(17-34)13-14-28/h5-12,22,24,35H,13-16H2,1-4H3,(H,36,39)(H,37,38)/t22-,24-/m0/s1. The van der Waals surface area contributed by atoms with Crippen molar-refractivity contribution in [3.05, 3.63) is 59.7 Å². The van der Waals surface area contributed by atoms with E-state index < -0.39 is 53.2 Å². The SMILES string of the molecule is CC(C)(F)C[C@H](N[C@@H](c1ccc(-c2ccc(C(C)(C)CC(=O)O)cc2)cc1)C(F)(F)F)C(=O)NC1(C#N)CC1. The summed E-state index contributed by atoms with van der Waals surface area (Å²) >= 11 is 0. The molecule has 0 bridgehead atoms. The van der Waals surface area contributed by atoms with Crippen LogP contribution in [0.2, 0.25) is 0 Å². The fraction of sp³-hybridized carbons (Fsp3) is 0.483. The zero-order valence-corrected chi connectivity index (χ0v) is 22.3. The summed E-state index contributed by atoms with van der Waals surface area (Å²) in [5.74, 6) is -1.77. The normalized spacial score (nSPS) is 16.6. The molecule has 10 heteroatoms. The summed E-state index contributed by atoms with van der Waals surface area (Å²) < 4.78 is 57.0. The molecule has 0 aliphatic heterocycles. The fourth-order valence-corrected chi connectivity index (χ4v) is 4.47. The Balaban J connectivity index is 1.84. The van der Waals surface area contributed by atoms with E-state index in [1.54, 1.807) is 24.3 Å². The Kier molecular flexibility index (Phi) is 8.46. The Morgan fingerprint density at radius 1 is 0.974 bits per heavy atom. The first kappa shape index (κ1) is 30.1. The highest BCUT2D eigenvalue weighted by atomic mass is 19.4. The predicted octanol–water partition coefficient (Wildman–Crippen LogP) is 5.98. The van der Waals surface area contributed by atoms with Crippen LogP contribution in [0.3, 0.4) is 0 Å². The molecule has 0 heterocycles. The average molecular weight is 548 g/mol. The first-order valence-electron chi connectivity index (χ1n) is 12.6. The molecule has 1 fully saturated rings. The Bertz CT molecular complexity index is 1220. The second-order valence-electron chi connectivity index (χ2n) is 11.5. The van der Waals surface area contributed by atoms with Gasteiger partial charge in [0, 0.05) is 11.8 Å². The van der Waals surface area contributed by atoms with Crippen LogP contribution in [0.25, 0.3) is 11.1 Å². The first-order valence-corrected chi connectivity index (χ1v) is 12.6. The Morgan fingerprint density at radius 3 is 1.90 bits per heavy atom. The molecule has 3 N–H and O–H groups in total. The first-order chi connectivity index (χ1) is 17.9. The van der Waals surface area contributed by atoms with Gasteiger partial charge in [0.25, 0.3) is 0 Å². The molecule has 0 spiro atoms. The lowest BCUT2D eigenvalue weighted by atomic mass is 9.81. The number of amides is 1. The number of alkyl halides is 4. The molecule has 2 aromatic rings. The van der Waals surface area contributed by atoms with Crippen LogP contribution in [0.4, 0.5) is 17.6 Å². The van der Waals surface area contributed by atoms with Crippen molar-refractivity contribution in [3.63, 3.8) is 0 Å². The Morgan fingerprint density at radius 2 is 1.49 bits per heavy atom. The van der Waals surface area contributed by atoms with Crippen LogP contribution >= 0.6 is 0 Å². The van der Waals surface area contributed by atoms with E-state index in [9.17, 15) is 32.4 Å². The van der Waals surface area contributed by atoms with Gasteiger partial charge in [-0.3, -0.25) is 14.9 Å². The quantitative estimate of drug-likeness (QED) is 0.301. The largest absolute Gasteiger partial charge is 0.481 e. The lowest BCUT2D eigenvalue weighted by Crippen LogP contribution is -2.53. The molecule has 1 amide bonds. The van der Waals surface area contributed by atoms with Crippen LogP contribution in [0.15, 0.2) is 48.5 Å². The number of nitriles is 1. The highest BCUT2D eigenvalue weighted by molar-refractivity contribution is 5.83. The highest BCUT2D eigenvalue weighted by Crippen LogP contribution is 2.37. The number of rotatable bonds is 11. The van der Waals surface area contributed by atoms with Gasteiger partial charge in [-0.15, -0.1) is 0 Å². The van der Waals surface area contributed by atoms with Gasteiger partial charge in [-0.1, -0.05) is 62.4 Å². The molecule has 1 aliphatic carbocycles. The maximum absolute atomic E-state index is 14.5. The van der Waals surface area contributed by atoms with Crippen LogP contribution in [0.1, 0.15) is 70.5 Å². The average Bonchev–Trinajstić information content (AvgIpc) is 3.59. The zero-order valence-electron chi connectivity index (χ0n) is 22.3. The van der Waals surface area contributed by atoms with Gasteiger partial charge in [-0.05, 0) is 48.9 Å². The molecule has 6 nitrogen and oxygen atoms in total. The highest BCUT2D eigenvalue weighted by Gasteiger charge is 2.48. The van der Waals surface area contributed by atoms with E-state index in [-0.39, 0.29) is 12.0 Å². The zero-order chi connectivity index (χ0) is 29.2. The van der Waals surface area contributed by atoms with Crippen LogP contribution < -0.4 is 10.6 Å². The van der Waals surface area contributed by atoms with Crippen molar-refractivity contribution in [2.45, 2.75) is 88.3 Å². The molecular weight excluding hydrogens is 514 g/mol. The number of carbonyl (C=O) groups excluding carboxylic acids is 1. The molecule has 3 rings (SSSR count). The minimum absolute atomic E-state index is 0.0526. The van der Waals surface area contributed by atoms with Crippen molar-refractivity contribution in [2.75, 3.05) is 0 Å². The maximum Gasteiger partial charge on any atom is 0.407 e. The second-order valence-corrected chi connectivity index (χ2v) is 11.5. The van der Waals surface area contributed by atoms with E-state index in [1.807, 2.05) is 19.9 Å². The van der Waals surface area contributed by atoms with Gasteiger partial charge in [0.15, 0.2) is 0 Å². The number of hydrogen-bond acceptors (Lipinski definition) is 4. The van der Waals surface area contributed by atoms with Crippen LogP contribution in [-0.2, 0) is 15.0 Å². The van der Waals surface area contributed by atoms with Gasteiger partial charge < -0.3 is 10.4 Å². The van der Waals surface area contributed by atoms with Crippen LogP contribution in [0, 0.1) is 11.3 Å². The molecular formula is C29H33F4N3O3. The van der Waals surface area contributed by atoms with E-state index >= 15 is 0 Å². The van der Waals surface area contributed by atoms with Crippen molar-refractivity contribution in [1.29, 1.82) is 5.26 Å². The fourth-order valence-electron chi connectivity index (χ4n) is 4.47. The topological polar surface area (TPSA) is 102 Å². The van der Waals surface area contributed by atoms with Crippen LogP contribution in [-0.4, -0.2) is 40.4 Å². The number of halogens is 4. The number of nitrogens with one attached hydrogen (secondary N) is 2. The van der Waals surface area contributed by atoms with Crippen molar-refractivity contribution in [3.8, 4) is 17.2 Å². The van der Waals surface area contributed by atoms with Crippen molar-refractivity contribution < 1.29 is 32.3 Å². The summed E-state index contributed by atoms with van der Waals surface area (Å²) in [4.78, 5) is 24.0. The number of carboxylic acids is 1. The molecule has 2 aromatic carbocycles. The van der Waals surface area contributed by atoms with Gasteiger partial charge in [0.1, 0.15) is 17.2 Å². The minimum Gasteiger partial charge on any atom is -0.481 e. The maximum atomic E-state index is 14.5. The minimum atomic E-state index is -4.79. The van der Waals surface area contributed by atoms with Gasteiger partial charge in [-0.2, -0.15) is 18.4 Å². The second kappa shape index (κ2) is 11.0. The van der Waals surface area contributed by atoms with Gasteiger partial charge in [0.2, 0.25) is 5.91 Å². The molecule has 210 valence electrons. The summed E-state index contributed by atoms with van der Waals surface area (Å²) in [5.41, 5.74) is -1.60. The summed E-state index contributed by atoms with van der Waals surface area (Å²) in [7, 11) is 0. The predicted molar refractivity (Wildman–Crippen MR) is 138 cm³/mol. The smallest absolute Gasteiger partial charge is 0.407 e. The number of hydrogen-bond donors (Lipinski definition) is 3. The summed E-state index contributed by atoms with van der Waals surface area (Å²) in [6, 6.07) is 11.0. The van der Waals surface area contributed by atoms with E-state index in [2.05, 4.69) is 10.6 Å². The number of nitrogens with zero attached hydrogens (tertiary/aromatic N) is 1. The van der Waals surface area contributed by atoms with Gasteiger partial charge in [-0.25, -0.2) is 4.39 Å². The number of carbonyl (C=O) groups is 2. The lowest BCUT2D eigenvalue weighted by molar-refractivity contribution is -0.161. The van der Waals surface area contributed by atoms with Gasteiger partial charge >= 0.3 is 12.1 Å². The molecule has 0 aromatic heterocycles. The summed E-state index contributed by atoms with van der Waals surface area (Å²) in [5, 5.41) is 23.2. The number of carboxylic acid groups (broad SMARTS) is 1. The number of aliphatic carboxylic acids is 1. The third kappa shape index (κ3) is 8.02. The molecule has 39 heavy (non-hydrogen) atoms. The molecule has 1 aliphatic rings. The molecule has 0 saturated heterocycles. The van der Waals surface area contributed by atoms with E-state index in [1.165, 1.54) is 38.1 Å².